The molecule has 1 N–H and O–H groups in total. The highest BCUT2D eigenvalue weighted by Crippen LogP contribution is 2.25. The Kier molecular flexibility index (Phi) is 5.17. The van der Waals surface area contributed by atoms with Crippen LogP contribution in [-0.2, 0) is 23.1 Å². The van der Waals surface area contributed by atoms with Gasteiger partial charge in [-0.05, 0) is 23.6 Å². The molecule has 0 heterocycles. The number of aliphatic hydroxyl groups is 1. The van der Waals surface area contributed by atoms with Crippen molar-refractivity contribution in [3.8, 4) is 0 Å². The number of benzene rings is 1. The number of halogens is 3. The van der Waals surface area contributed by atoms with Crippen LogP contribution in [-0.4, -0.2) is 37.6 Å². The van der Waals surface area contributed by atoms with Gasteiger partial charge in [0, 0.05) is 7.05 Å². The van der Waals surface area contributed by atoms with E-state index in [0.29, 0.717) is 17.5 Å². The molecule has 0 spiro atoms. The lowest BCUT2D eigenvalue weighted by Gasteiger charge is -2.20. The highest BCUT2D eigenvalue weighted by Gasteiger charge is 2.35. The van der Waals surface area contributed by atoms with E-state index in [-0.39, 0.29) is 15.8 Å². The molecule has 0 saturated heterocycles. The Labute approximate surface area is 115 Å². The normalized spacial score (nSPS) is 12.9. The minimum atomic E-state index is -4.61. The number of aryl methyl sites for hydroxylation is 1. The van der Waals surface area contributed by atoms with Gasteiger partial charge in [-0.1, -0.05) is 19.1 Å². The quantitative estimate of drug-likeness (QED) is 0.904. The predicted molar refractivity (Wildman–Crippen MR) is 67.6 cm³/mol. The molecule has 114 valence electrons. The number of nitrogens with zero attached hydrogens (tertiary/aromatic N) is 1. The van der Waals surface area contributed by atoms with Gasteiger partial charge in [0.1, 0.15) is 6.54 Å². The van der Waals surface area contributed by atoms with Crippen LogP contribution in [0.15, 0.2) is 23.1 Å². The minimum absolute atomic E-state index is 0.196. The molecule has 1 aromatic rings. The zero-order valence-corrected chi connectivity index (χ0v) is 11.9. The SMILES string of the molecule is CCc1ccc(CO)cc1S(=O)(=O)N(C)CC(F)(F)F. The fraction of sp³-hybridized carbons (Fsp3) is 0.500. The minimum Gasteiger partial charge on any atom is -0.392 e. The van der Waals surface area contributed by atoms with Crippen LogP contribution < -0.4 is 0 Å². The maximum atomic E-state index is 12.3. The van der Waals surface area contributed by atoms with E-state index in [1.165, 1.54) is 12.1 Å². The van der Waals surface area contributed by atoms with Gasteiger partial charge >= 0.3 is 6.18 Å². The summed E-state index contributed by atoms with van der Waals surface area (Å²) in [5.74, 6) is 0. The summed E-state index contributed by atoms with van der Waals surface area (Å²) >= 11 is 0. The number of sulfonamides is 1. The van der Waals surface area contributed by atoms with Crippen LogP contribution in [0.5, 0.6) is 0 Å². The third-order valence-corrected chi connectivity index (χ3v) is 4.67. The molecule has 1 rings (SSSR count). The maximum Gasteiger partial charge on any atom is 0.402 e. The number of alkyl halides is 3. The van der Waals surface area contributed by atoms with E-state index in [1.807, 2.05) is 0 Å². The van der Waals surface area contributed by atoms with Crippen molar-refractivity contribution in [1.29, 1.82) is 0 Å². The zero-order valence-electron chi connectivity index (χ0n) is 11.1. The molecule has 0 aliphatic rings. The highest BCUT2D eigenvalue weighted by atomic mass is 32.2. The van der Waals surface area contributed by atoms with Gasteiger partial charge in [0.05, 0.1) is 11.5 Å². The standard InChI is InChI=1S/C12H16F3NO3S/c1-3-10-5-4-9(7-17)6-11(10)20(18,19)16(2)8-12(13,14)15/h4-6,17H,3,7-8H2,1-2H3. The van der Waals surface area contributed by atoms with Gasteiger partial charge < -0.3 is 5.11 Å². The molecule has 4 nitrogen and oxygen atoms in total. The van der Waals surface area contributed by atoms with Crippen LogP contribution in [0.4, 0.5) is 13.2 Å². The van der Waals surface area contributed by atoms with E-state index in [1.54, 1.807) is 13.0 Å². The van der Waals surface area contributed by atoms with Crippen molar-refractivity contribution in [1.82, 2.24) is 4.31 Å². The van der Waals surface area contributed by atoms with Crippen molar-refractivity contribution in [2.24, 2.45) is 0 Å². The third-order valence-electron chi connectivity index (χ3n) is 2.79. The Balaban J connectivity index is 3.26. The molecule has 1 aromatic carbocycles. The zero-order chi connectivity index (χ0) is 15.6. The average Bonchev–Trinajstić information content (AvgIpc) is 2.35. The molecular weight excluding hydrogens is 295 g/mol. The number of hydrogen-bond acceptors (Lipinski definition) is 3. The smallest absolute Gasteiger partial charge is 0.392 e. The van der Waals surface area contributed by atoms with E-state index >= 15 is 0 Å². The van der Waals surface area contributed by atoms with E-state index < -0.39 is 22.7 Å². The first-order valence-corrected chi connectivity index (χ1v) is 7.31. The highest BCUT2D eigenvalue weighted by molar-refractivity contribution is 7.89. The van der Waals surface area contributed by atoms with Crippen LogP contribution >= 0.6 is 0 Å². The van der Waals surface area contributed by atoms with Gasteiger partial charge in [-0.3, -0.25) is 0 Å². The van der Waals surface area contributed by atoms with Gasteiger partial charge in [0.2, 0.25) is 10.0 Å². The Morgan fingerprint density at radius 1 is 1.30 bits per heavy atom. The molecule has 0 saturated carbocycles. The number of hydrogen-bond donors (Lipinski definition) is 1. The summed E-state index contributed by atoms with van der Waals surface area (Å²) in [6.07, 6.45) is -4.25. The van der Waals surface area contributed by atoms with Crippen molar-refractivity contribution in [3.05, 3.63) is 29.3 Å². The van der Waals surface area contributed by atoms with E-state index in [9.17, 15) is 21.6 Å². The molecule has 0 fully saturated rings. The molecule has 0 atom stereocenters. The summed E-state index contributed by atoms with van der Waals surface area (Å²) in [6, 6.07) is 4.25. The first kappa shape index (κ1) is 16.9. The van der Waals surface area contributed by atoms with Crippen LogP contribution in [0.25, 0.3) is 0 Å². The monoisotopic (exact) mass is 311 g/mol. The van der Waals surface area contributed by atoms with Gasteiger partial charge in [0.25, 0.3) is 0 Å². The second-order valence-corrected chi connectivity index (χ2v) is 6.34. The molecular formula is C12H16F3NO3S. The molecule has 0 amide bonds. The fourth-order valence-corrected chi connectivity index (χ4v) is 3.23. The molecule has 8 heteroatoms. The molecule has 0 unspecified atom stereocenters. The maximum absolute atomic E-state index is 12.3. The van der Waals surface area contributed by atoms with Crippen LogP contribution in [0.3, 0.4) is 0 Å². The Morgan fingerprint density at radius 2 is 1.90 bits per heavy atom. The summed E-state index contributed by atoms with van der Waals surface area (Å²) in [5.41, 5.74) is 0.748. The Bertz CT molecular complexity index is 570. The lowest BCUT2D eigenvalue weighted by molar-refractivity contribution is -0.134. The summed E-state index contributed by atoms with van der Waals surface area (Å²) in [7, 11) is -3.36. The Morgan fingerprint density at radius 3 is 2.35 bits per heavy atom. The number of rotatable bonds is 5. The van der Waals surface area contributed by atoms with Crippen molar-refractivity contribution in [3.63, 3.8) is 0 Å². The number of aliphatic hydroxyl groups excluding tert-OH is 1. The molecule has 0 radical (unpaired) electrons. The lowest BCUT2D eigenvalue weighted by Crippen LogP contribution is -2.36. The molecule has 20 heavy (non-hydrogen) atoms. The lowest BCUT2D eigenvalue weighted by atomic mass is 10.1. The topological polar surface area (TPSA) is 57.6 Å². The Hall–Kier alpha value is -1.12. The van der Waals surface area contributed by atoms with Crippen molar-refractivity contribution >= 4 is 10.0 Å². The second kappa shape index (κ2) is 6.11. The van der Waals surface area contributed by atoms with Crippen LogP contribution in [0.2, 0.25) is 0 Å². The summed E-state index contributed by atoms with van der Waals surface area (Å²) in [5, 5.41) is 9.03. The molecule has 0 aromatic heterocycles. The van der Waals surface area contributed by atoms with Crippen molar-refractivity contribution in [2.45, 2.75) is 31.0 Å². The third kappa shape index (κ3) is 3.94. The van der Waals surface area contributed by atoms with Gasteiger partial charge in [-0.2, -0.15) is 17.5 Å². The summed E-state index contributed by atoms with van der Waals surface area (Å²) in [4.78, 5) is -0.196. The molecule has 0 aliphatic heterocycles. The van der Waals surface area contributed by atoms with E-state index in [0.717, 1.165) is 7.05 Å². The van der Waals surface area contributed by atoms with Crippen LogP contribution in [0, 0.1) is 0 Å². The van der Waals surface area contributed by atoms with Crippen LogP contribution in [0.1, 0.15) is 18.1 Å². The molecule has 0 aliphatic carbocycles. The fourth-order valence-electron chi connectivity index (χ4n) is 1.73. The first-order valence-electron chi connectivity index (χ1n) is 5.87. The second-order valence-electron chi connectivity index (χ2n) is 4.33. The summed E-state index contributed by atoms with van der Waals surface area (Å²) in [6.45, 7) is -0.228. The largest absolute Gasteiger partial charge is 0.402 e. The predicted octanol–water partition coefficient (Wildman–Crippen LogP) is 1.92. The first-order chi connectivity index (χ1) is 9.11. The molecule has 0 bridgehead atoms. The average molecular weight is 311 g/mol. The van der Waals surface area contributed by atoms with E-state index in [4.69, 9.17) is 5.11 Å². The van der Waals surface area contributed by atoms with E-state index in [2.05, 4.69) is 0 Å². The van der Waals surface area contributed by atoms with Gasteiger partial charge in [-0.25, -0.2) is 8.42 Å². The summed E-state index contributed by atoms with van der Waals surface area (Å²) < 4.78 is 61.7. The van der Waals surface area contributed by atoms with Gasteiger partial charge in [-0.15, -0.1) is 0 Å². The van der Waals surface area contributed by atoms with Crippen molar-refractivity contribution < 1.29 is 26.7 Å². The van der Waals surface area contributed by atoms with Crippen molar-refractivity contribution in [2.75, 3.05) is 13.6 Å². The van der Waals surface area contributed by atoms with Gasteiger partial charge in [0.15, 0.2) is 0 Å².